The molecular formula is C17H27NO4S. The van der Waals surface area contributed by atoms with Crippen LogP contribution in [0.4, 0.5) is 0 Å². The van der Waals surface area contributed by atoms with Crippen LogP contribution in [0.1, 0.15) is 38.3 Å². The Hall–Kier alpha value is -1.08. The van der Waals surface area contributed by atoms with E-state index < -0.39 is 0 Å². The fourth-order valence-electron chi connectivity index (χ4n) is 1.86. The Kier molecular flexibility index (Phi) is 10.7. The highest BCUT2D eigenvalue weighted by Crippen LogP contribution is 2.17. The van der Waals surface area contributed by atoms with Crippen LogP contribution in [0.2, 0.25) is 0 Å². The van der Waals surface area contributed by atoms with Crippen molar-refractivity contribution in [3.8, 4) is 5.75 Å². The third kappa shape index (κ3) is 9.61. The third-order valence-electron chi connectivity index (χ3n) is 3.16. The lowest BCUT2D eigenvalue weighted by Gasteiger charge is -2.11. The van der Waals surface area contributed by atoms with Gasteiger partial charge in [0, 0.05) is 32.3 Å². The van der Waals surface area contributed by atoms with Gasteiger partial charge in [0.05, 0.1) is 6.61 Å². The molecule has 1 N–H and O–H groups in total. The van der Waals surface area contributed by atoms with Gasteiger partial charge in [0.2, 0.25) is 0 Å². The lowest BCUT2D eigenvalue weighted by molar-refractivity contribution is -0.121. The number of rotatable bonds is 13. The van der Waals surface area contributed by atoms with Gasteiger partial charge in [-0.05, 0) is 38.0 Å². The van der Waals surface area contributed by atoms with E-state index >= 15 is 0 Å². The molecule has 0 fully saturated rings. The summed E-state index contributed by atoms with van der Waals surface area (Å²) < 4.78 is 19.2. The molecular weight excluding hydrogens is 314 g/mol. The summed E-state index contributed by atoms with van der Waals surface area (Å²) in [7, 11) is 0. The molecule has 1 aromatic carbocycles. The van der Waals surface area contributed by atoms with Crippen molar-refractivity contribution < 1.29 is 19.0 Å². The zero-order chi connectivity index (χ0) is 16.9. The number of hydrogen-bond acceptors (Lipinski definition) is 6. The monoisotopic (exact) mass is 341 g/mol. The van der Waals surface area contributed by atoms with Gasteiger partial charge in [0.1, 0.15) is 12.4 Å². The largest absolute Gasteiger partial charge is 0.494 e. The van der Waals surface area contributed by atoms with E-state index in [0.29, 0.717) is 26.4 Å². The molecule has 0 spiro atoms. The number of carbonyl (C=O) groups is 1. The van der Waals surface area contributed by atoms with Gasteiger partial charge in [-0.1, -0.05) is 24.9 Å². The highest BCUT2D eigenvalue weighted by Gasteiger charge is 2.02. The molecule has 130 valence electrons. The highest BCUT2D eigenvalue weighted by atomic mass is 32.1. The second kappa shape index (κ2) is 12.4. The van der Waals surface area contributed by atoms with Crippen molar-refractivity contribution in [1.29, 1.82) is 0 Å². The normalized spacial score (nSPS) is 12.1. The Labute approximate surface area is 144 Å². The van der Waals surface area contributed by atoms with Crippen LogP contribution in [0, 0.1) is 0 Å². The Balaban J connectivity index is 1.99. The van der Waals surface area contributed by atoms with Crippen LogP contribution in [-0.2, 0) is 14.3 Å². The fraction of sp³-hybridized carbons (Fsp3) is 0.588. The molecule has 0 saturated carbocycles. The second-order valence-corrected chi connectivity index (χ2v) is 5.60. The molecule has 23 heavy (non-hydrogen) atoms. The van der Waals surface area contributed by atoms with Crippen molar-refractivity contribution >= 4 is 18.6 Å². The number of ketones is 1. The predicted molar refractivity (Wildman–Crippen MR) is 94.0 cm³/mol. The summed E-state index contributed by atoms with van der Waals surface area (Å²) >= 11 is 4.06. The molecule has 0 aliphatic rings. The molecule has 6 heteroatoms. The lowest BCUT2D eigenvalue weighted by Crippen LogP contribution is -2.08. The van der Waals surface area contributed by atoms with Gasteiger partial charge in [-0.15, -0.1) is 0 Å². The van der Waals surface area contributed by atoms with Crippen LogP contribution in [0.15, 0.2) is 24.3 Å². The van der Waals surface area contributed by atoms with Crippen LogP contribution in [0.3, 0.4) is 0 Å². The number of nitrogens with one attached hydrogen (secondary N) is 1. The molecule has 0 radical (unpaired) electrons. The van der Waals surface area contributed by atoms with Gasteiger partial charge >= 0.3 is 0 Å². The van der Waals surface area contributed by atoms with Crippen molar-refractivity contribution in [3.63, 3.8) is 0 Å². The van der Waals surface area contributed by atoms with Crippen LogP contribution in [0.25, 0.3) is 0 Å². The van der Waals surface area contributed by atoms with Gasteiger partial charge in [-0.25, -0.2) is 0 Å². The minimum Gasteiger partial charge on any atom is -0.494 e. The summed E-state index contributed by atoms with van der Waals surface area (Å²) in [5, 5.41) is 0. The first-order chi connectivity index (χ1) is 11.1. The Morgan fingerprint density at radius 1 is 1.09 bits per heavy atom. The van der Waals surface area contributed by atoms with Gasteiger partial charge in [-0.2, -0.15) is 0 Å². The van der Waals surface area contributed by atoms with Crippen LogP contribution in [0.5, 0.6) is 5.75 Å². The number of carbonyl (C=O) groups excluding carboxylic acids is 1. The molecule has 0 saturated heterocycles. The van der Waals surface area contributed by atoms with E-state index in [1.165, 1.54) is 12.5 Å². The molecule has 0 bridgehead atoms. The van der Waals surface area contributed by atoms with Crippen molar-refractivity contribution in [2.75, 3.05) is 33.0 Å². The molecule has 0 heterocycles. The SMILES string of the molecule is CC(=O)COCCCOCCCOc1ccc([C@@H](C)NS)cc1. The van der Waals surface area contributed by atoms with Gasteiger partial charge in [0.25, 0.3) is 0 Å². The van der Waals surface area contributed by atoms with Crippen LogP contribution >= 0.6 is 12.8 Å². The van der Waals surface area contributed by atoms with E-state index in [2.05, 4.69) is 17.5 Å². The molecule has 0 amide bonds. The summed E-state index contributed by atoms with van der Waals surface area (Å²) in [5.74, 6) is 0.908. The van der Waals surface area contributed by atoms with Crippen LogP contribution in [-0.4, -0.2) is 38.8 Å². The summed E-state index contributed by atoms with van der Waals surface area (Å²) in [5.41, 5.74) is 1.17. The topological polar surface area (TPSA) is 56.8 Å². The van der Waals surface area contributed by atoms with Gasteiger partial charge in [0.15, 0.2) is 5.78 Å². The van der Waals surface area contributed by atoms with E-state index in [4.69, 9.17) is 14.2 Å². The zero-order valence-corrected chi connectivity index (χ0v) is 14.8. The van der Waals surface area contributed by atoms with Gasteiger partial charge < -0.3 is 14.2 Å². The maximum absolute atomic E-state index is 10.7. The molecule has 5 nitrogen and oxygen atoms in total. The van der Waals surface area contributed by atoms with Crippen LogP contribution < -0.4 is 9.46 Å². The molecule has 0 aliphatic heterocycles. The molecule has 1 rings (SSSR count). The molecule has 1 atom stereocenters. The molecule has 1 aromatic rings. The number of hydrogen-bond donors (Lipinski definition) is 2. The Bertz CT molecular complexity index is 439. The average molecular weight is 341 g/mol. The fourth-order valence-corrected chi connectivity index (χ4v) is 2.01. The summed E-state index contributed by atoms with van der Waals surface area (Å²) in [6, 6.07) is 8.19. The number of ether oxygens (including phenoxy) is 3. The van der Waals surface area contributed by atoms with E-state index in [-0.39, 0.29) is 18.4 Å². The first kappa shape index (κ1) is 20.0. The summed E-state index contributed by atoms with van der Waals surface area (Å²) in [6.07, 6.45) is 1.64. The summed E-state index contributed by atoms with van der Waals surface area (Å²) in [6.45, 7) is 6.23. The highest BCUT2D eigenvalue weighted by molar-refractivity contribution is 7.78. The molecule has 0 aromatic heterocycles. The van der Waals surface area contributed by atoms with E-state index in [1.54, 1.807) is 0 Å². The standard InChI is InChI=1S/C17H27NO4S/c1-14(19)13-21-11-3-9-20-10-4-12-22-17-7-5-16(6-8-17)15(2)18-23/h5-8,15,18,23H,3-4,9-13H2,1-2H3/t15-/m1/s1. The zero-order valence-electron chi connectivity index (χ0n) is 13.9. The van der Waals surface area contributed by atoms with Crippen molar-refractivity contribution in [2.45, 2.75) is 32.7 Å². The smallest absolute Gasteiger partial charge is 0.155 e. The quantitative estimate of drug-likeness (QED) is 0.427. The Morgan fingerprint density at radius 3 is 2.30 bits per heavy atom. The molecule has 0 unspecified atom stereocenters. The van der Waals surface area contributed by atoms with Gasteiger partial charge in [-0.3, -0.25) is 9.52 Å². The number of benzene rings is 1. The maximum Gasteiger partial charge on any atom is 0.155 e. The minimum atomic E-state index is 0.0486. The van der Waals surface area contributed by atoms with Crippen molar-refractivity contribution in [3.05, 3.63) is 29.8 Å². The maximum atomic E-state index is 10.7. The predicted octanol–water partition coefficient (Wildman–Crippen LogP) is 2.96. The van der Waals surface area contributed by atoms with Crippen molar-refractivity contribution in [1.82, 2.24) is 4.72 Å². The molecule has 0 aliphatic carbocycles. The van der Waals surface area contributed by atoms with Crippen molar-refractivity contribution in [2.24, 2.45) is 0 Å². The van der Waals surface area contributed by atoms with E-state index in [1.807, 2.05) is 31.2 Å². The third-order valence-corrected chi connectivity index (χ3v) is 3.55. The minimum absolute atomic E-state index is 0.0486. The first-order valence-corrected chi connectivity index (χ1v) is 8.35. The van der Waals surface area contributed by atoms with E-state index in [9.17, 15) is 4.79 Å². The average Bonchev–Trinajstić information content (AvgIpc) is 2.56. The number of thiol groups is 1. The lowest BCUT2D eigenvalue weighted by atomic mass is 10.1. The Morgan fingerprint density at radius 2 is 1.70 bits per heavy atom. The first-order valence-electron chi connectivity index (χ1n) is 7.90. The number of Topliss-reactive ketones (excluding diaryl/α,β-unsaturated/α-hetero) is 1. The second-order valence-electron chi connectivity index (χ2n) is 5.34. The summed E-state index contributed by atoms with van der Waals surface area (Å²) in [4.78, 5) is 10.7. The van der Waals surface area contributed by atoms with E-state index in [0.717, 1.165) is 18.6 Å².